The van der Waals surface area contributed by atoms with E-state index in [0.29, 0.717) is 29.2 Å². The van der Waals surface area contributed by atoms with Crippen LogP contribution in [0.5, 0.6) is 17.2 Å². The van der Waals surface area contributed by atoms with E-state index in [1.165, 1.54) is 23.5 Å². The first-order valence-corrected chi connectivity index (χ1v) is 12.9. The molecule has 0 radical (unpaired) electrons. The zero-order valence-corrected chi connectivity index (χ0v) is 22.0. The second kappa shape index (κ2) is 14.1. The van der Waals surface area contributed by atoms with Gasteiger partial charge in [-0.2, -0.15) is 0 Å². The number of nitrogens with one attached hydrogen (secondary N) is 1. The van der Waals surface area contributed by atoms with Crippen LogP contribution in [-0.4, -0.2) is 43.3 Å². The molecule has 3 rings (SSSR count). The lowest BCUT2D eigenvalue weighted by Gasteiger charge is -2.18. The Labute approximate surface area is 224 Å². The van der Waals surface area contributed by atoms with Crippen LogP contribution in [0.15, 0.2) is 41.9 Å². The van der Waals surface area contributed by atoms with Gasteiger partial charge in [0.15, 0.2) is 16.6 Å². The van der Waals surface area contributed by atoms with Gasteiger partial charge in [-0.05, 0) is 48.7 Å². The molecule has 198 valence electrons. The van der Waals surface area contributed by atoms with Crippen LogP contribution >= 0.6 is 11.3 Å². The number of nitrogens with zero attached hydrogens (tertiary/aromatic N) is 2. The van der Waals surface area contributed by atoms with Crippen molar-refractivity contribution in [2.24, 2.45) is 5.73 Å². The number of anilines is 1. The number of nitrogens with two attached hydrogens (primary N) is 1. The van der Waals surface area contributed by atoms with Gasteiger partial charge in [0.25, 0.3) is 6.71 Å². The number of hydrogen-bond acceptors (Lipinski definition) is 9. The highest BCUT2D eigenvalue weighted by Gasteiger charge is 2.19. The largest absolute Gasteiger partial charge is 0.488 e. The van der Waals surface area contributed by atoms with Gasteiger partial charge in [-0.3, -0.25) is 4.79 Å². The summed E-state index contributed by atoms with van der Waals surface area (Å²) in [5.74, 6) is 1.10. The van der Waals surface area contributed by atoms with Gasteiger partial charge in [0.2, 0.25) is 5.91 Å². The molecule has 0 atom stereocenters. The maximum absolute atomic E-state index is 14.6. The quantitative estimate of drug-likeness (QED) is 0.240. The van der Waals surface area contributed by atoms with Crippen LogP contribution in [0.25, 0.3) is 0 Å². The zero-order valence-electron chi connectivity index (χ0n) is 21.2. The van der Waals surface area contributed by atoms with E-state index in [2.05, 4.69) is 16.3 Å². The first-order chi connectivity index (χ1) is 18.3. The minimum atomic E-state index is -0.796. The van der Waals surface area contributed by atoms with E-state index >= 15 is 0 Å². The number of thiazole rings is 1. The molecular weight excluding hydrogens is 510 g/mol. The molecule has 0 aliphatic heterocycles. The van der Waals surface area contributed by atoms with Gasteiger partial charge >= 0.3 is 5.97 Å². The third kappa shape index (κ3) is 8.03. The lowest BCUT2D eigenvalue weighted by molar-refractivity contribution is -0.115. The SMILES string of the molecule is CCOC(=O)c1ccc(Oc2cc(CC(=O)Nc3nccs3)c(CCB(C)C#N)cc2OCCN)cc1F. The van der Waals surface area contributed by atoms with Crippen molar-refractivity contribution >= 4 is 35.1 Å². The first kappa shape index (κ1) is 28.6. The molecule has 9 nitrogen and oxygen atoms in total. The normalized spacial score (nSPS) is 10.4. The van der Waals surface area contributed by atoms with Crippen molar-refractivity contribution in [1.82, 2.24) is 4.98 Å². The number of aromatic nitrogens is 1. The maximum atomic E-state index is 14.6. The predicted octanol–water partition coefficient (Wildman–Crippen LogP) is 4.50. The average Bonchev–Trinajstić information content (AvgIpc) is 3.40. The summed E-state index contributed by atoms with van der Waals surface area (Å²) in [5.41, 5.74) is 6.89. The van der Waals surface area contributed by atoms with Gasteiger partial charge in [0.05, 0.1) is 18.6 Å². The Morgan fingerprint density at radius 1 is 1.24 bits per heavy atom. The molecule has 3 aromatic rings. The molecule has 1 amide bonds. The Hall–Kier alpha value is -3.95. The summed E-state index contributed by atoms with van der Waals surface area (Å²) in [6, 6.07) is 7.22. The highest BCUT2D eigenvalue weighted by Crippen LogP contribution is 2.36. The maximum Gasteiger partial charge on any atom is 0.341 e. The number of nitriles is 1. The van der Waals surface area contributed by atoms with Crippen LogP contribution in [0.2, 0.25) is 13.1 Å². The number of amides is 1. The Bertz CT molecular complexity index is 1300. The summed E-state index contributed by atoms with van der Waals surface area (Å²) in [6.45, 7) is 3.85. The highest BCUT2D eigenvalue weighted by atomic mass is 32.1. The summed E-state index contributed by atoms with van der Waals surface area (Å²) in [4.78, 5) is 28.8. The number of rotatable bonds is 13. The van der Waals surface area contributed by atoms with Gasteiger partial charge in [0, 0.05) is 30.2 Å². The lowest BCUT2D eigenvalue weighted by atomic mass is 9.50. The second-order valence-corrected chi connectivity index (χ2v) is 9.19. The summed E-state index contributed by atoms with van der Waals surface area (Å²) >= 11 is 1.30. The van der Waals surface area contributed by atoms with Crippen LogP contribution in [0, 0.1) is 17.0 Å². The third-order valence-corrected chi connectivity index (χ3v) is 6.09. The standard InChI is InChI=1S/C26H28BFN4O5S/c1-3-35-25(34)20-5-4-19(15-21(20)28)37-23-13-18(14-24(33)32-26-31-9-11-38-26)17(6-7-27(2)16-30)12-22(23)36-10-8-29/h4-5,9,11-13,15H,3,6-8,10,14,29H2,1-2H3,(H,31,32,33). The number of benzene rings is 2. The van der Waals surface area contributed by atoms with E-state index in [1.54, 1.807) is 30.6 Å². The Kier molecular flexibility index (Phi) is 10.6. The molecule has 0 aliphatic rings. The summed E-state index contributed by atoms with van der Waals surface area (Å²) in [7, 11) is 0. The topological polar surface area (TPSA) is 137 Å². The Balaban J connectivity index is 1.95. The van der Waals surface area contributed by atoms with Gasteiger partial charge in [-0.25, -0.2) is 19.4 Å². The second-order valence-electron chi connectivity index (χ2n) is 8.30. The molecule has 0 fully saturated rings. The Morgan fingerprint density at radius 3 is 2.68 bits per heavy atom. The van der Waals surface area contributed by atoms with Gasteiger partial charge < -0.3 is 25.3 Å². The van der Waals surface area contributed by atoms with Crippen LogP contribution < -0.4 is 20.5 Å². The number of esters is 1. The van der Waals surface area contributed by atoms with Crippen LogP contribution in [0.3, 0.4) is 0 Å². The smallest absolute Gasteiger partial charge is 0.341 e. The van der Waals surface area contributed by atoms with E-state index in [0.717, 1.165) is 11.6 Å². The minimum absolute atomic E-state index is 0.0134. The number of carbonyl (C=O) groups excluding carboxylic acids is 2. The van der Waals surface area contributed by atoms with E-state index in [9.17, 15) is 19.2 Å². The van der Waals surface area contributed by atoms with Crippen molar-refractivity contribution in [3.63, 3.8) is 0 Å². The monoisotopic (exact) mass is 538 g/mol. The molecule has 2 aromatic carbocycles. The number of halogens is 1. The Morgan fingerprint density at radius 2 is 2.03 bits per heavy atom. The fourth-order valence-electron chi connectivity index (χ4n) is 3.52. The molecule has 1 heterocycles. The zero-order chi connectivity index (χ0) is 27.5. The average molecular weight is 538 g/mol. The van der Waals surface area contributed by atoms with E-state index in [1.807, 2.05) is 6.82 Å². The molecule has 38 heavy (non-hydrogen) atoms. The van der Waals surface area contributed by atoms with Gasteiger partial charge in [-0.15, -0.1) is 11.3 Å². The minimum Gasteiger partial charge on any atom is -0.488 e. The third-order valence-electron chi connectivity index (χ3n) is 5.40. The number of aryl methyl sites for hydroxylation is 1. The molecular formula is C26H28BFN4O5S. The number of carbonyl (C=O) groups is 2. The molecule has 0 spiro atoms. The molecule has 0 saturated heterocycles. The van der Waals surface area contributed by atoms with Gasteiger partial charge in [0.1, 0.15) is 18.2 Å². The molecule has 0 unspecified atom stereocenters. The first-order valence-electron chi connectivity index (χ1n) is 12.1. The molecule has 0 aliphatic carbocycles. The molecule has 0 bridgehead atoms. The fraction of sp³-hybridized carbons (Fsp3) is 0.308. The van der Waals surface area contributed by atoms with Crippen molar-refractivity contribution in [2.45, 2.75) is 32.9 Å². The van der Waals surface area contributed by atoms with E-state index < -0.39 is 11.8 Å². The van der Waals surface area contributed by atoms with E-state index in [-0.39, 0.29) is 55.9 Å². The fourth-order valence-corrected chi connectivity index (χ4v) is 4.07. The summed E-state index contributed by atoms with van der Waals surface area (Å²) in [6.07, 6.45) is 2.71. The van der Waals surface area contributed by atoms with Crippen LogP contribution in [-0.2, 0) is 22.4 Å². The summed E-state index contributed by atoms with van der Waals surface area (Å²) in [5, 5.41) is 14.2. The lowest BCUT2D eigenvalue weighted by Crippen LogP contribution is -2.16. The molecule has 12 heteroatoms. The van der Waals surface area contributed by atoms with Crippen molar-refractivity contribution in [3.05, 3.63) is 64.4 Å². The van der Waals surface area contributed by atoms with Crippen molar-refractivity contribution in [1.29, 1.82) is 5.26 Å². The van der Waals surface area contributed by atoms with Crippen LogP contribution in [0.1, 0.15) is 28.4 Å². The van der Waals surface area contributed by atoms with Gasteiger partial charge in [-0.1, -0.05) is 13.1 Å². The molecule has 0 saturated carbocycles. The summed E-state index contributed by atoms with van der Waals surface area (Å²) < 4.78 is 31.3. The van der Waals surface area contributed by atoms with Crippen molar-refractivity contribution in [2.75, 3.05) is 25.1 Å². The predicted molar refractivity (Wildman–Crippen MR) is 144 cm³/mol. The van der Waals surface area contributed by atoms with Crippen LogP contribution in [0.4, 0.5) is 9.52 Å². The molecule has 3 N–H and O–H groups in total. The highest BCUT2D eigenvalue weighted by molar-refractivity contribution is 7.13. The van der Waals surface area contributed by atoms with Crippen molar-refractivity contribution < 1.29 is 28.2 Å². The van der Waals surface area contributed by atoms with Crippen molar-refractivity contribution in [3.8, 4) is 23.2 Å². The number of hydrogen-bond donors (Lipinski definition) is 2. The number of ether oxygens (including phenoxy) is 3. The van der Waals surface area contributed by atoms with E-state index in [4.69, 9.17) is 19.9 Å². The molecule has 1 aromatic heterocycles.